The second kappa shape index (κ2) is 4.27. The predicted molar refractivity (Wildman–Crippen MR) is 47.4 cm³/mol. The summed E-state index contributed by atoms with van der Waals surface area (Å²) in [6, 6.07) is 8.82. The van der Waals surface area contributed by atoms with Crippen LogP contribution in [0.25, 0.3) is 0 Å². The summed E-state index contributed by atoms with van der Waals surface area (Å²) in [6.07, 6.45) is 0.620. The first-order valence-corrected chi connectivity index (χ1v) is 3.80. The highest BCUT2D eigenvalue weighted by molar-refractivity contribution is 5.66. The van der Waals surface area contributed by atoms with Crippen LogP contribution in [0.2, 0.25) is 0 Å². The van der Waals surface area contributed by atoms with Gasteiger partial charge in [-0.15, -0.1) is 0 Å². The Morgan fingerprint density at radius 3 is 2.92 bits per heavy atom. The fourth-order valence-corrected chi connectivity index (χ4v) is 1.02. The van der Waals surface area contributed by atoms with E-state index in [4.69, 9.17) is 10.00 Å². The minimum Gasteiger partial charge on any atom is -0.497 e. The number of hydrogen-bond acceptors (Lipinski definition) is 3. The Kier molecular flexibility index (Phi) is 3.04. The van der Waals surface area contributed by atoms with E-state index in [1.54, 1.807) is 31.4 Å². The summed E-state index contributed by atoms with van der Waals surface area (Å²) in [5.41, 5.74) is 0.664. The lowest BCUT2D eigenvalue weighted by Gasteiger charge is -2.03. The van der Waals surface area contributed by atoms with Gasteiger partial charge in [-0.25, -0.2) is 0 Å². The molecule has 1 aromatic carbocycles. The number of carbonyl (C=O) groups excluding carboxylic acids is 1. The molecule has 0 saturated carbocycles. The molecule has 0 aliphatic rings. The van der Waals surface area contributed by atoms with Crippen molar-refractivity contribution in [2.45, 2.75) is 5.92 Å². The van der Waals surface area contributed by atoms with Crippen molar-refractivity contribution in [2.24, 2.45) is 0 Å². The second-order valence-electron chi connectivity index (χ2n) is 2.52. The molecule has 0 bridgehead atoms. The Balaban J connectivity index is 3.01. The maximum Gasteiger partial charge on any atom is 0.141 e. The topological polar surface area (TPSA) is 50.1 Å². The van der Waals surface area contributed by atoms with Crippen molar-refractivity contribution >= 4 is 6.29 Å². The third-order valence-electron chi connectivity index (χ3n) is 1.73. The van der Waals surface area contributed by atoms with Gasteiger partial charge in [0, 0.05) is 0 Å². The van der Waals surface area contributed by atoms with Crippen LogP contribution in [0, 0.1) is 11.3 Å². The fraction of sp³-hybridized carbons (Fsp3) is 0.200. The van der Waals surface area contributed by atoms with Crippen molar-refractivity contribution < 1.29 is 9.53 Å². The molecule has 1 aromatic rings. The van der Waals surface area contributed by atoms with E-state index in [1.165, 1.54) is 0 Å². The first-order chi connectivity index (χ1) is 6.31. The molecule has 1 atom stereocenters. The molecule has 0 unspecified atom stereocenters. The van der Waals surface area contributed by atoms with Crippen molar-refractivity contribution in [3.63, 3.8) is 0 Å². The number of benzene rings is 1. The molecular formula is C10H9NO2. The zero-order valence-electron chi connectivity index (χ0n) is 7.23. The third kappa shape index (κ3) is 2.06. The highest BCUT2D eigenvalue weighted by atomic mass is 16.5. The van der Waals surface area contributed by atoms with E-state index in [0.29, 0.717) is 17.6 Å². The quantitative estimate of drug-likeness (QED) is 0.654. The molecule has 0 radical (unpaired) electrons. The van der Waals surface area contributed by atoms with E-state index >= 15 is 0 Å². The highest BCUT2D eigenvalue weighted by Crippen LogP contribution is 2.18. The molecule has 0 N–H and O–H groups in total. The standard InChI is InChI=1S/C10H9NO2/c1-13-10-4-2-3-8(5-10)9(6-11)7-12/h2-5,7,9H,1H3/t9-/m0/s1. The van der Waals surface area contributed by atoms with Crippen LogP contribution in [-0.4, -0.2) is 13.4 Å². The molecule has 0 spiro atoms. The molecule has 66 valence electrons. The minimum absolute atomic E-state index is 0.620. The molecule has 0 heterocycles. The summed E-state index contributed by atoms with van der Waals surface area (Å²) in [5, 5.41) is 8.62. The van der Waals surface area contributed by atoms with Gasteiger partial charge in [0.25, 0.3) is 0 Å². The van der Waals surface area contributed by atoms with E-state index in [0.717, 1.165) is 0 Å². The average molecular weight is 175 g/mol. The summed E-state index contributed by atoms with van der Waals surface area (Å²) < 4.78 is 4.97. The lowest BCUT2D eigenvalue weighted by Crippen LogP contribution is -1.96. The SMILES string of the molecule is COc1cccc([C@@H](C#N)C=O)c1. The lowest BCUT2D eigenvalue weighted by atomic mass is 10.0. The average Bonchev–Trinajstić information content (AvgIpc) is 2.20. The van der Waals surface area contributed by atoms with Crippen molar-refractivity contribution in [1.29, 1.82) is 5.26 Å². The molecule has 1 rings (SSSR count). The summed E-state index contributed by atoms with van der Waals surface area (Å²) in [7, 11) is 1.54. The number of rotatable bonds is 3. The van der Waals surface area contributed by atoms with E-state index in [2.05, 4.69) is 0 Å². The van der Waals surface area contributed by atoms with Gasteiger partial charge in [-0.05, 0) is 17.7 Å². The monoisotopic (exact) mass is 175 g/mol. The largest absolute Gasteiger partial charge is 0.497 e. The Morgan fingerprint density at radius 1 is 1.62 bits per heavy atom. The van der Waals surface area contributed by atoms with Gasteiger partial charge in [0.2, 0.25) is 0 Å². The van der Waals surface area contributed by atoms with E-state index in [9.17, 15) is 4.79 Å². The first-order valence-electron chi connectivity index (χ1n) is 3.80. The Labute approximate surface area is 76.6 Å². The van der Waals surface area contributed by atoms with Gasteiger partial charge in [-0.2, -0.15) is 5.26 Å². The zero-order valence-corrected chi connectivity index (χ0v) is 7.23. The lowest BCUT2D eigenvalue weighted by molar-refractivity contribution is -0.108. The van der Waals surface area contributed by atoms with E-state index in [1.807, 2.05) is 6.07 Å². The molecule has 0 saturated heterocycles. The van der Waals surface area contributed by atoms with Gasteiger partial charge >= 0.3 is 0 Å². The molecule has 3 heteroatoms. The number of aldehydes is 1. The number of ether oxygens (including phenoxy) is 1. The molecule has 0 aliphatic carbocycles. The van der Waals surface area contributed by atoms with Crippen molar-refractivity contribution in [1.82, 2.24) is 0 Å². The molecule has 0 amide bonds. The Bertz CT molecular complexity index is 341. The molecular weight excluding hydrogens is 166 g/mol. The van der Waals surface area contributed by atoms with Gasteiger partial charge in [-0.3, -0.25) is 0 Å². The zero-order chi connectivity index (χ0) is 9.68. The van der Waals surface area contributed by atoms with Gasteiger partial charge < -0.3 is 9.53 Å². The Hall–Kier alpha value is -1.82. The van der Waals surface area contributed by atoms with Crippen LogP contribution in [0.3, 0.4) is 0 Å². The molecule has 0 aliphatic heterocycles. The van der Waals surface area contributed by atoms with Crippen LogP contribution in [0.1, 0.15) is 11.5 Å². The van der Waals surface area contributed by atoms with E-state index < -0.39 is 5.92 Å². The van der Waals surface area contributed by atoms with Crippen molar-refractivity contribution in [3.05, 3.63) is 29.8 Å². The van der Waals surface area contributed by atoms with Gasteiger partial charge in [0.05, 0.1) is 13.2 Å². The van der Waals surface area contributed by atoms with Crippen LogP contribution in [0.4, 0.5) is 0 Å². The number of hydrogen-bond donors (Lipinski definition) is 0. The molecule has 13 heavy (non-hydrogen) atoms. The van der Waals surface area contributed by atoms with Gasteiger partial charge in [0.15, 0.2) is 0 Å². The number of methoxy groups -OCH3 is 1. The van der Waals surface area contributed by atoms with E-state index in [-0.39, 0.29) is 0 Å². The normalized spacial score (nSPS) is 11.4. The number of nitriles is 1. The number of nitrogens with zero attached hydrogens (tertiary/aromatic N) is 1. The molecule has 0 fully saturated rings. The third-order valence-corrected chi connectivity index (χ3v) is 1.73. The van der Waals surface area contributed by atoms with Gasteiger partial charge in [-0.1, -0.05) is 12.1 Å². The van der Waals surface area contributed by atoms with Gasteiger partial charge in [0.1, 0.15) is 18.0 Å². The van der Waals surface area contributed by atoms with Crippen LogP contribution < -0.4 is 4.74 Å². The van der Waals surface area contributed by atoms with Crippen LogP contribution >= 0.6 is 0 Å². The molecule has 0 aromatic heterocycles. The first kappa shape index (κ1) is 9.27. The highest BCUT2D eigenvalue weighted by Gasteiger charge is 2.08. The smallest absolute Gasteiger partial charge is 0.141 e. The second-order valence-corrected chi connectivity index (χ2v) is 2.52. The van der Waals surface area contributed by atoms with Crippen LogP contribution in [0.15, 0.2) is 24.3 Å². The Morgan fingerprint density at radius 2 is 2.38 bits per heavy atom. The maximum absolute atomic E-state index is 10.5. The predicted octanol–water partition coefficient (Wildman–Crippen LogP) is 1.50. The summed E-state index contributed by atoms with van der Waals surface area (Å²) in [5.74, 6) is -0.0466. The maximum atomic E-state index is 10.5. The summed E-state index contributed by atoms with van der Waals surface area (Å²) >= 11 is 0. The fourth-order valence-electron chi connectivity index (χ4n) is 1.02. The van der Waals surface area contributed by atoms with Crippen molar-refractivity contribution in [3.8, 4) is 11.8 Å². The minimum atomic E-state index is -0.699. The summed E-state index contributed by atoms with van der Waals surface area (Å²) in [4.78, 5) is 10.5. The van der Waals surface area contributed by atoms with Crippen molar-refractivity contribution in [2.75, 3.05) is 7.11 Å². The number of carbonyl (C=O) groups is 1. The summed E-state index contributed by atoms with van der Waals surface area (Å²) in [6.45, 7) is 0. The van der Waals surface area contributed by atoms with Crippen LogP contribution in [-0.2, 0) is 4.79 Å². The van der Waals surface area contributed by atoms with Crippen LogP contribution in [0.5, 0.6) is 5.75 Å². The molecule has 3 nitrogen and oxygen atoms in total.